The van der Waals surface area contributed by atoms with Gasteiger partial charge in [-0.05, 0) is 30.6 Å². The van der Waals surface area contributed by atoms with Gasteiger partial charge in [0.15, 0.2) is 5.11 Å². The van der Waals surface area contributed by atoms with Crippen LogP contribution in [0.2, 0.25) is 0 Å². The highest BCUT2D eigenvalue weighted by molar-refractivity contribution is 7.80. The minimum atomic E-state index is -0.586. The van der Waals surface area contributed by atoms with Gasteiger partial charge in [-0.25, -0.2) is 4.79 Å². The van der Waals surface area contributed by atoms with E-state index in [4.69, 9.17) is 17.0 Å². The summed E-state index contributed by atoms with van der Waals surface area (Å²) in [5.41, 5.74) is 0.909. The van der Waals surface area contributed by atoms with Gasteiger partial charge < -0.3 is 14.8 Å². The summed E-state index contributed by atoms with van der Waals surface area (Å²) in [6.07, 6.45) is 2.33. The molecule has 23 heavy (non-hydrogen) atoms. The fraction of sp³-hybridized carbons (Fsp3) is 0.438. The number of nitrogens with one attached hydrogen (secondary N) is 2. The van der Waals surface area contributed by atoms with E-state index in [9.17, 15) is 9.59 Å². The number of carbonyl (C=O) groups excluding carboxylic acids is 2. The molecule has 0 aliphatic heterocycles. The van der Waals surface area contributed by atoms with E-state index in [1.807, 2.05) is 30.3 Å². The summed E-state index contributed by atoms with van der Waals surface area (Å²) in [4.78, 5) is 22.5. The maximum Gasteiger partial charge on any atom is 0.413 e. The Kier molecular flexibility index (Phi) is 9.38. The van der Waals surface area contributed by atoms with Crippen LogP contribution in [-0.4, -0.2) is 30.8 Å². The van der Waals surface area contributed by atoms with Crippen molar-refractivity contribution in [3.8, 4) is 0 Å². The number of unbranched alkanes of at least 4 members (excludes halogenated alkanes) is 2. The average molecular weight is 338 g/mol. The number of rotatable bonds is 8. The molecule has 126 valence electrons. The van der Waals surface area contributed by atoms with Crippen LogP contribution >= 0.6 is 12.2 Å². The van der Waals surface area contributed by atoms with Crippen molar-refractivity contribution in [2.24, 2.45) is 0 Å². The molecule has 0 aliphatic carbocycles. The van der Waals surface area contributed by atoms with Crippen molar-refractivity contribution in [2.45, 2.75) is 32.3 Å². The molecule has 0 aromatic heterocycles. The molecule has 0 saturated heterocycles. The number of esters is 1. The van der Waals surface area contributed by atoms with Crippen molar-refractivity contribution < 1.29 is 19.1 Å². The van der Waals surface area contributed by atoms with Crippen molar-refractivity contribution >= 4 is 29.4 Å². The molecule has 0 heterocycles. The SMILES string of the molecule is COC(=O)CCCCCNC(=S)NC(=O)OCc1ccccc1. The molecule has 0 radical (unpaired) electrons. The summed E-state index contributed by atoms with van der Waals surface area (Å²) >= 11 is 5.00. The average Bonchev–Trinajstić information content (AvgIpc) is 2.56. The molecule has 1 rings (SSSR count). The van der Waals surface area contributed by atoms with Crippen LogP contribution in [0.3, 0.4) is 0 Å². The molecule has 0 aliphatic rings. The van der Waals surface area contributed by atoms with Gasteiger partial charge in [-0.2, -0.15) is 0 Å². The first-order valence-corrected chi connectivity index (χ1v) is 7.85. The maximum absolute atomic E-state index is 11.6. The third-order valence-corrected chi connectivity index (χ3v) is 3.25. The largest absolute Gasteiger partial charge is 0.469 e. The summed E-state index contributed by atoms with van der Waals surface area (Å²) < 4.78 is 9.61. The number of methoxy groups -OCH3 is 1. The summed E-state index contributed by atoms with van der Waals surface area (Å²) in [5, 5.41) is 5.60. The smallest absolute Gasteiger partial charge is 0.413 e. The fourth-order valence-corrected chi connectivity index (χ4v) is 1.96. The number of hydrogen-bond acceptors (Lipinski definition) is 5. The number of alkyl carbamates (subject to hydrolysis) is 1. The van der Waals surface area contributed by atoms with E-state index >= 15 is 0 Å². The fourth-order valence-electron chi connectivity index (χ4n) is 1.77. The highest BCUT2D eigenvalue weighted by Crippen LogP contribution is 2.01. The first-order valence-electron chi connectivity index (χ1n) is 7.44. The maximum atomic E-state index is 11.6. The Morgan fingerprint density at radius 2 is 1.87 bits per heavy atom. The van der Waals surface area contributed by atoms with E-state index in [2.05, 4.69) is 15.4 Å². The molecular weight excluding hydrogens is 316 g/mol. The highest BCUT2D eigenvalue weighted by Gasteiger charge is 2.05. The van der Waals surface area contributed by atoms with Crippen LogP contribution in [0.1, 0.15) is 31.2 Å². The van der Waals surface area contributed by atoms with Crippen LogP contribution < -0.4 is 10.6 Å². The molecule has 7 heteroatoms. The van der Waals surface area contributed by atoms with Crippen LogP contribution in [0, 0.1) is 0 Å². The third-order valence-electron chi connectivity index (χ3n) is 3.00. The van der Waals surface area contributed by atoms with Gasteiger partial charge in [0.1, 0.15) is 6.61 Å². The number of amides is 1. The molecule has 1 aromatic carbocycles. The second-order valence-electron chi connectivity index (χ2n) is 4.83. The van der Waals surface area contributed by atoms with Gasteiger partial charge in [0.25, 0.3) is 0 Å². The Hall–Kier alpha value is -2.15. The molecule has 0 bridgehead atoms. The van der Waals surface area contributed by atoms with Crippen molar-refractivity contribution in [2.75, 3.05) is 13.7 Å². The lowest BCUT2D eigenvalue weighted by atomic mass is 10.2. The van der Waals surface area contributed by atoms with E-state index in [-0.39, 0.29) is 17.7 Å². The van der Waals surface area contributed by atoms with Crippen LogP contribution in [0.15, 0.2) is 30.3 Å². The van der Waals surface area contributed by atoms with Gasteiger partial charge in [0, 0.05) is 13.0 Å². The second-order valence-corrected chi connectivity index (χ2v) is 5.24. The molecule has 0 fully saturated rings. The lowest BCUT2D eigenvalue weighted by Gasteiger charge is -2.10. The third kappa shape index (κ3) is 9.46. The number of hydrogen-bond donors (Lipinski definition) is 2. The lowest BCUT2D eigenvalue weighted by Crippen LogP contribution is -2.39. The number of thiocarbonyl (C=S) groups is 1. The normalized spacial score (nSPS) is 9.78. The van der Waals surface area contributed by atoms with E-state index < -0.39 is 6.09 Å². The zero-order chi connectivity index (χ0) is 16.9. The Bertz CT molecular complexity index is 508. The summed E-state index contributed by atoms with van der Waals surface area (Å²) in [6, 6.07) is 9.40. The van der Waals surface area contributed by atoms with E-state index in [0.717, 1.165) is 24.8 Å². The van der Waals surface area contributed by atoms with Crippen molar-refractivity contribution in [1.29, 1.82) is 0 Å². The molecule has 1 amide bonds. The Morgan fingerprint density at radius 3 is 2.57 bits per heavy atom. The molecule has 0 atom stereocenters. The zero-order valence-corrected chi connectivity index (χ0v) is 14.0. The standard InChI is InChI=1S/C16H22N2O4S/c1-21-14(19)10-6-3-7-11-17-15(23)18-16(20)22-12-13-8-4-2-5-9-13/h2,4-5,8-9H,3,6-7,10-12H2,1H3,(H2,17,18,20,23). The Morgan fingerprint density at radius 1 is 1.13 bits per heavy atom. The monoisotopic (exact) mass is 338 g/mol. The van der Waals surface area contributed by atoms with Gasteiger partial charge >= 0.3 is 12.1 Å². The Balaban J connectivity index is 2.04. The predicted octanol–water partition coefficient (Wildman–Crippen LogP) is 2.52. The van der Waals surface area contributed by atoms with Crippen LogP contribution in [0.25, 0.3) is 0 Å². The van der Waals surface area contributed by atoms with Crippen LogP contribution in [-0.2, 0) is 20.9 Å². The van der Waals surface area contributed by atoms with E-state index in [1.54, 1.807) is 0 Å². The minimum Gasteiger partial charge on any atom is -0.469 e. The first-order chi connectivity index (χ1) is 11.1. The molecule has 0 saturated carbocycles. The number of ether oxygens (including phenoxy) is 2. The quantitative estimate of drug-likeness (QED) is 0.431. The second kappa shape index (κ2) is 11.4. The summed E-state index contributed by atoms with van der Waals surface area (Å²) in [6.45, 7) is 0.821. The zero-order valence-electron chi connectivity index (χ0n) is 13.2. The van der Waals surface area contributed by atoms with E-state index in [1.165, 1.54) is 7.11 Å². The van der Waals surface area contributed by atoms with Crippen molar-refractivity contribution in [1.82, 2.24) is 10.6 Å². The van der Waals surface area contributed by atoms with Gasteiger partial charge in [-0.15, -0.1) is 0 Å². The van der Waals surface area contributed by atoms with Gasteiger partial charge in [0.05, 0.1) is 7.11 Å². The summed E-state index contributed by atoms with van der Waals surface area (Å²) in [7, 11) is 1.38. The number of benzene rings is 1. The molecular formula is C16H22N2O4S. The molecule has 6 nitrogen and oxygen atoms in total. The predicted molar refractivity (Wildman–Crippen MR) is 90.8 cm³/mol. The number of carbonyl (C=O) groups is 2. The van der Waals surface area contributed by atoms with Crippen molar-refractivity contribution in [3.63, 3.8) is 0 Å². The Labute approximate surface area is 141 Å². The van der Waals surface area contributed by atoms with Crippen molar-refractivity contribution in [3.05, 3.63) is 35.9 Å². The van der Waals surface area contributed by atoms with Crippen LogP contribution in [0.4, 0.5) is 4.79 Å². The topological polar surface area (TPSA) is 76.7 Å². The summed E-state index contributed by atoms with van der Waals surface area (Å²) in [5.74, 6) is -0.198. The molecule has 0 spiro atoms. The van der Waals surface area contributed by atoms with Gasteiger partial charge in [0.2, 0.25) is 0 Å². The minimum absolute atomic E-state index is 0.197. The molecule has 2 N–H and O–H groups in total. The lowest BCUT2D eigenvalue weighted by molar-refractivity contribution is -0.140. The van der Waals surface area contributed by atoms with Gasteiger partial charge in [-0.1, -0.05) is 36.8 Å². The molecule has 0 unspecified atom stereocenters. The van der Waals surface area contributed by atoms with E-state index in [0.29, 0.717) is 13.0 Å². The van der Waals surface area contributed by atoms with Crippen LogP contribution in [0.5, 0.6) is 0 Å². The van der Waals surface area contributed by atoms with Gasteiger partial charge in [-0.3, -0.25) is 10.1 Å². The first kappa shape index (κ1) is 18.9. The highest BCUT2D eigenvalue weighted by atomic mass is 32.1. The molecule has 1 aromatic rings.